The summed E-state index contributed by atoms with van der Waals surface area (Å²) in [6.45, 7) is 0. The molecule has 4 bridgehead atoms. The Balaban J connectivity index is 1.38. The third kappa shape index (κ3) is 3.20. The van der Waals surface area contributed by atoms with Crippen molar-refractivity contribution in [2.45, 2.75) is 43.9 Å². The third-order valence-electron chi connectivity index (χ3n) is 8.37. The fraction of sp³-hybridized carbons (Fsp3) is 0.345. The molecule has 3 aromatic carbocycles. The molecule has 4 aliphatic carbocycles. The summed E-state index contributed by atoms with van der Waals surface area (Å²) in [6.07, 6.45) is 7.83. The van der Waals surface area contributed by atoms with E-state index < -0.39 is 0 Å². The normalized spacial score (nSPS) is 27.8. The van der Waals surface area contributed by atoms with Crippen LogP contribution in [0.5, 0.6) is 0 Å². The molecule has 0 amide bonds. The highest BCUT2D eigenvalue weighted by atomic mass is 35.5. The molecule has 4 aromatic rings. The van der Waals surface area contributed by atoms with Gasteiger partial charge < -0.3 is 0 Å². The number of rotatable bonds is 3. The van der Waals surface area contributed by atoms with E-state index in [1.54, 1.807) is 0 Å². The molecule has 33 heavy (non-hydrogen) atoms. The van der Waals surface area contributed by atoms with Gasteiger partial charge in [-0.3, -0.25) is 0 Å². The number of hydrogen-bond donors (Lipinski definition) is 0. The Labute approximate surface area is 199 Å². The van der Waals surface area contributed by atoms with E-state index in [2.05, 4.69) is 71.7 Å². The fourth-order valence-corrected chi connectivity index (χ4v) is 7.63. The molecule has 1 aromatic heterocycles. The van der Waals surface area contributed by atoms with Crippen LogP contribution in [-0.4, -0.2) is 15.0 Å². The first-order chi connectivity index (χ1) is 16.2. The number of nitrogens with zero attached hydrogens (tertiary/aromatic N) is 3. The lowest BCUT2D eigenvalue weighted by Crippen LogP contribution is -2.49. The second-order valence-electron chi connectivity index (χ2n) is 10.5. The molecule has 164 valence electrons. The van der Waals surface area contributed by atoms with Crippen LogP contribution in [0.15, 0.2) is 66.7 Å². The van der Waals surface area contributed by atoms with E-state index in [0.29, 0.717) is 11.1 Å². The van der Waals surface area contributed by atoms with Crippen molar-refractivity contribution in [3.63, 3.8) is 0 Å². The highest BCUT2D eigenvalue weighted by Crippen LogP contribution is 2.60. The number of aromatic nitrogens is 3. The van der Waals surface area contributed by atoms with Gasteiger partial charge in [-0.15, -0.1) is 0 Å². The van der Waals surface area contributed by atoms with Crippen LogP contribution in [0, 0.1) is 17.8 Å². The van der Waals surface area contributed by atoms with Crippen molar-refractivity contribution >= 4 is 22.4 Å². The van der Waals surface area contributed by atoms with Crippen LogP contribution in [0.25, 0.3) is 33.3 Å². The molecule has 3 nitrogen and oxygen atoms in total. The Morgan fingerprint density at radius 3 is 2.00 bits per heavy atom. The highest BCUT2D eigenvalue weighted by Gasteiger charge is 2.53. The Kier molecular flexibility index (Phi) is 4.39. The minimum atomic E-state index is 0.0878. The number of benzene rings is 3. The lowest BCUT2D eigenvalue weighted by Gasteiger charge is -2.55. The zero-order valence-corrected chi connectivity index (χ0v) is 19.3. The molecule has 0 saturated heterocycles. The van der Waals surface area contributed by atoms with Crippen molar-refractivity contribution in [2.75, 3.05) is 0 Å². The smallest absolute Gasteiger partial charge is 0.212 e. The lowest BCUT2D eigenvalue weighted by molar-refractivity contribution is -0.00943. The van der Waals surface area contributed by atoms with Crippen LogP contribution in [0.2, 0.25) is 5.28 Å². The summed E-state index contributed by atoms with van der Waals surface area (Å²) in [6, 6.07) is 23.4. The first-order valence-corrected chi connectivity index (χ1v) is 12.5. The van der Waals surface area contributed by atoms with Crippen LogP contribution < -0.4 is 0 Å². The van der Waals surface area contributed by atoms with Gasteiger partial charge in [0.05, 0.1) is 0 Å². The minimum Gasteiger partial charge on any atom is -0.212 e. The van der Waals surface area contributed by atoms with Gasteiger partial charge >= 0.3 is 0 Å². The second kappa shape index (κ2) is 7.36. The zero-order chi connectivity index (χ0) is 22.0. The molecular formula is C29H26ClN3. The predicted octanol–water partition coefficient (Wildman–Crippen LogP) is 7.48. The fourth-order valence-electron chi connectivity index (χ4n) is 7.47. The van der Waals surface area contributed by atoms with Gasteiger partial charge in [-0.25, -0.2) is 9.97 Å². The quantitative estimate of drug-likeness (QED) is 0.324. The van der Waals surface area contributed by atoms with Crippen molar-refractivity contribution in [3.05, 3.63) is 77.8 Å². The van der Waals surface area contributed by atoms with E-state index in [1.807, 2.05) is 0 Å². The van der Waals surface area contributed by atoms with Crippen molar-refractivity contribution in [2.24, 2.45) is 17.8 Å². The molecule has 8 rings (SSSR count). The Hall–Kier alpha value is -2.78. The number of halogens is 1. The summed E-state index contributed by atoms with van der Waals surface area (Å²) in [5.74, 6) is 4.13. The Morgan fingerprint density at radius 1 is 0.636 bits per heavy atom. The molecule has 4 heteroatoms. The first-order valence-electron chi connectivity index (χ1n) is 12.2. The van der Waals surface area contributed by atoms with Gasteiger partial charge in [-0.1, -0.05) is 66.7 Å². The van der Waals surface area contributed by atoms with Gasteiger partial charge in [-0.05, 0) is 89.8 Å². The average Bonchev–Trinajstić information content (AvgIpc) is 2.82. The largest absolute Gasteiger partial charge is 0.226 e. The van der Waals surface area contributed by atoms with Gasteiger partial charge in [0.25, 0.3) is 0 Å². The van der Waals surface area contributed by atoms with E-state index in [4.69, 9.17) is 21.6 Å². The number of hydrogen-bond acceptors (Lipinski definition) is 3. The minimum absolute atomic E-state index is 0.0878. The van der Waals surface area contributed by atoms with Gasteiger partial charge in [0.2, 0.25) is 5.28 Å². The first kappa shape index (κ1) is 19.7. The van der Waals surface area contributed by atoms with E-state index in [1.165, 1.54) is 54.9 Å². The highest BCUT2D eigenvalue weighted by molar-refractivity contribution is 6.28. The second-order valence-corrected chi connectivity index (χ2v) is 10.9. The zero-order valence-electron chi connectivity index (χ0n) is 18.5. The van der Waals surface area contributed by atoms with Crippen molar-refractivity contribution in [1.29, 1.82) is 0 Å². The third-order valence-corrected chi connectivity index (χ3v) is 8.54. The summed E-state index contributed by atoms with van der Waals surface area (Å²) in [5, 5.41) is 2.78. The van der Waals surface area contributed by atoms with Crippen LogP contribution >= 0.6 is 11.6 Å². The van der Waals surface area contributed by atoms with E-state index >= 15 is 0 Å². The molecule has 4 fully saturated rings. The molecule has 4 aliphatic rings. The summed E-state index contributed by atoms with van der Waals surface area (Å²) >= 11 is 6.57. The van der Waals surface area contributed by atoms with Gasteiger partial charge in [-0.2, -0.15) is 4.98 Å². The van der Waals surface area contributed by atoms with Crippen molar-refractivity contribution < 1.29 is 0 Å². The van der Waals surface area contributed by atoms with E-state index in [9.17, 15) is 0 Å². The predicted molar refractivity (Wildman–Crippen MR) is 133 cm³/mol. The average molecular weight is 452 g/mol. The summed E-state index contributed by atoms with van der Waals surface area (Å²) in [7, 11) is 0. The van der Waals surface area contributed by atoms with E-state index in [-0.39, 0.29) is 5.41 Å². The Bertz CT molecular complexity index is 1340. The summed E-state index contributed by atoms with van der Waals surface area (Å²) in [4.78, 5) is 14.5. The molecule has 0 N–H and O–H groups in total. The summed E-state index contributed by atoms with van der Waals surface area (Å²) in [5.41, 5.74) is 3.43. The molecule has 0 atom stereocenters. The standard InChI is InChI=1S/C29H26ClN3/c30-28-32-26(31-27(33-28)29-15-18-12-19(16-29)14-20(13-18)17-29)25-10-4-3-9-24(25)23-11-5-7-21-6-1-2-8-22(21)23/h1-11,18-20H,12-17H2. The monoisotopic (exact) mass is 451 g/mol. The maximum Gasteiger partial charge on any atom is 0.226 e. The maximum absolute atomic E-state index is 6.57. The molecule has 4 saturated carbocycles. The molecule has 0 radical (unpaired) electrons. The molecule has 1 heterocycles. The van der Waals surface area contributed by atoms with Gasteiger partial charge in [0.1, 0.15) is 5.82 Å². The van der Waals surface area contributed by atoms with Crippen molar-refractivity contribution in [3.8, 4) is 22.5 Å². The van der Waals surface area contributed by atoms with Gasteiger partial charge in [0.15, 0.2) is 5.82 Å². The molecular weight excluding hydrogens is 426 g/mol. The molecule has 0 spiro atoms. The molecule has 0 unspecified atom stereocenters. The summed E-state index contributed by atoms with van der Waals surface area (Å²) < 4.78 is 0. The molecule has 0 aliphatic heterocycles. The SMILES string of the molecule is Clc1nc(-c2ccccc2-c2cccc3ccccc23)nc(C23CC4CC(CC(C4)C2)C3)n1. The van der Waals surface area contributed by atoms with Crippen LogP contribution in [0.1, 0.15) is 44.3 Å². The lowest BCUT2D eigenvalue weighted by atomic mass is 9.49. The maximum atomic E-state index is 6.57. The van der Waals surface area contributed by atoms with Crippen LogP contribution in [0.3, 0.4) is 0 Å². The van der Waals surface area contributed by atoms with Crippen LogP contribution in [-0.2, 0) is 5.41 Å². The number of fused-ring (bicyclic) bond motifs is 1. The van der Waals surface area contributed by atoms with Gasteiger partial charge in [0, 0.05) is 11.0 Å². The topological polar surface area (TPSA) is 38.7 Å². The van der Waals surface area contributed by atoms with Crippen molar-refractivity contribution in [1.82, 2.24) is 15.0 Å². The Morgan fingerprint density at radius 2 is 1.24 bits per heavy atom. The van der Waals surface area contributed by atoms with Crippen LogP contribution in [0.4, 0.5) is 0 Å². The van der Waals surface area contributed by atoms with E-state index in [0.717, 1.165) is 34.7 Å².